The number of ether oxygens (including phenoxy) is 1. The van der Waals surface area contributed by atoms with E-state index in [0.29, 0.717) is 11.9 Å². The molecule has 1 heterocycles. The fourth-order valence-electron chi connectivity index (χ4n) is 1.78. The highest BCUT2D eigenvalue weighted by molar-refractivity contribution is 5.33. The van der Waals surface area contributed by atoms with Crippen LogP contribution in [0, 0.1) is 0 Å². The van der Waals surface area contributed by atoms with Crippen molar-refractivity contribution in [2.75, 3.05) is 0 Å². The van der Waals surface area contributed by atoms with Crippen molar-refractivity contribution in [3.63, 3.8) is 0 Å². The molecule has 2 aromatic rings. The van der Waals surface area contributed by atoms with E-state index in [0.717, 1.165) is 24.2 Å². The highest BCUT2D eigenvalue weighted by atomic mass is 16.5. The molecule has 1 saturated carbocycles. The van der Waals surface area contributed by atoms with E-state index in [4.69, 9.17) is 10.5 Å². The lowest BCUT2D eigenvalue weighted by Gasteiger charge is -2.12. The normalized spacial score (nSPS) is 16.3. The van der Waals surface area contributed by atoms with Crippen molar-refractivity contribution in [3.8, 4) is 5.75 Å². The van der Waals surface area contributed by atoms with Gasteiger partial charge >= 0.3 is 0 Å². The van der Waals surface area contributed by atoms with E-state index in [-0.39, 0.29) is 6.04 Å². The van der Waals surface area contributed by atoms with Crippen LogP contribution in [0.1, 0.15) is 30.3 Å². The summed E-state index contributed by atoms with van der Waals surface area (Å²) in [4.78, 5) is 8.36. The average molecular weight is 241 g/mol. The average Bonchev–Trinajstić information content (AvgIpc) is 3.23. The molecule has 0 aliphatic heterocycles. The van der Waals surface area contributed by atoms with Crippen molar-refractivity contribution < 1.29 is 4.74 Å². The van der Waals surface area contributed by atoms with Gasteiger partial charge in [0.2, 0.25) is 0 Å². The summed E-state index contributed by atoms with van der Waals surface area (Å²) in [6.45, 7) is 0. The van der Waals surface area contributed by atoms with E-state index in [9.17, 15) is 0 Å². The Morgan fingerprint density at radius 2 is 1.94 bits per heavy atom. The van der Waals surface area contributed by atoms with Crippen LogP contribution in [0.5, 0.6) is 5.75 Å². The molecule has 0 bridgehead atoms. The van der Waals surface area contributed by atoms with Crippen LogP contribution in [0.25, 0.3) is 0 Å². The summed E-state index contributed by atoms with van der Waals surface area (Å²) in [7, 11) is 0. The molecule has 18 heavy (non-hydrogen) atoms. The third-order valence-electron chi connectivity index (χ3n) is 2.91. The molecule has 4 nitrogen and oxygen atoms in total. The van der Waals surface area contributed by atoms with Crippen molar-refractivity contribution in [2.24, 2.45) is 5.73 Å². The second kappa shape index (κ2) is 4.74. The first-order chi connectivity index (χ1) is 8.83. The number of benzene rings is 1. The van der Waals surface area contributed by atoms with Crippen molar-refractivity contribution in [1.82, 2.24) is 9.97 Å². The fraction of sp³-hybridized carbons (Fsp3) is 0.286. The van der Waals surface area contributed by atoms with Gasteiger partial charge in [-0.05, 0) is 36.6 Å². The minimum Gasteiger partial charge on any atom is -0.490 e. The maximum Gasteiger partial charge on any atom is 0.149 e. The smallest absolute Gasteiger partial charge is 0.149 e. The second-order valence-electron chi connectivity index (χ2n) is 4.47. The van der Waals surface area contributed by atoms with Gasteiger partial charge in [0.15, 0.2) is 0 Å². The lowest BCUT2D eigenvalue weighted by molar-refractivity contribution is 0.303. The van der Waals surface area contributed by atoms with Gasteiger partial charge in [-0.25, -0.2) is 9.97 Å². The van der Waals surface area contributed by atoms with Crippen LogP contribution in [-0.4, -0.2) is 16.1 Å². The van der Waals surface area contributed by atoms with E-state index in [1.807, 2.05) is 24.3 Å². The van der Waals surface area contributed by atoms with Crippen LogP contribution in [0.2, 0.25) is 0 Å². The monoisotopic (exact) mass is 241 g/mol. The number of aromatic nitrogens is 2. The predicted octanol–water partition coefficient (Wildman–Crippen LogP) is 2.07. The van der Waals surface area contributed by atoms with Gasteiger partial charge in [-0.1, -0.05) is 12.1 Å². The number of hydrogen-bond acceptors (Lipinski definition) is 4. The van der Waals surface area contributed by atoms with Gasteiger partial charge in [-0.15, -0.1) is 0 Å². The first-order valence-electron chi connectivity index (χ1n) is 6.12. The van der Waals surface area contributed by atoms with Crippen LogP contribution in [0.4, 0.5) is 0 Å². The lowest BCUT2D eigenvalue weighted by atomic mass is 10.1. The SMILES string of the molecule is NC(c1cccc(OC2CC2)c1)c1ncccn1. The van der Waals surface area contributed by atoms with Crippen LogP contribution < -0.4 is 10.5 Å². The zero-order chi connectivity index (χ0) is 12.4. The van der Waals surface area contributed by atoms with Gasteiger partial charge in [0.1, 0.15) is 11.6 Å². The third-order valence-corrected chi connectivity index (χ3v) is 2.91. The molecule has 92 valence electrons. The van der Waals surface area contributed by atoms with E-state index in [1.165, 1.54) is 0 Å². The van der Waals surface area contributed by atoms with Gasteiger partial charge in [-0.3, -0.25) is 0 Å². The molecule has 1 atom stereocenters. The minimum atomic E-state index is -0.311. The van der Waals surface area contributed by atoms with E-state index in [2.05, 4.69) is 9.97 Å². The molecule has 0 amide bonds. The van der Waals surface area contributed by atoms with E-state index < -0.39 is 0 Å². The van der Waals surface area contributed by atoms with Crippen molar-refractivity contribution in [3.05, 3.63) is 54.1 Å². The molecule has 0 spiro atoms. The summed E-state index contributed by atoms with van der Waals surface area (Å²) in [6.07, 6.45) is 6.10. The van der Waals surface area contributed by atoms with Gasteiger partial charge in [0.05, 0.1) is 12.1 Å². The largest absolute Gasteiger partial charge is 0.490 e. The Hall–Kier alpha value is -1.94. The molecule has 1 aromatic heterocycles. The Labute approximate surface area is 106 Å². The molecule has 1 fully saturated rings. The Morgan fingerprint density at radius 1 is 1.17 bits per heavy atom. The molecule has 2 N–H and O–H groups in total. The highest BCUT2D eigenvalue weighted by Crippen LogP contribution is 2.28. The van der Waals surface area contributed by atoms with E-state index >= 15 is 0 Å². The molecule has 0 radical (unpaired) electrons. The molecule has 1 aliphatic rings. The van der Waals surface area contributed by atoms with E-state index in [1.54, 1.807) is 18.5 Å². The third kappa shape index (κ3) is 2.49. The minimum absolute atomic E-state index is 0.311. The summed E-state index contributed by atoms with van der Waals surface area (Å²) in [5, 5.41) is 0. The summed E-state index contributed by atoms with van der Waals surface area (Å²) >= 11 is 0. The summed E-state index contributed by atoms with van der Waals surface area (Å²) in [5.74, 6) is 1.50. The van der Waals surface area contributed by atoms with Gasteiger partial charge in [0, 0.05) is 12.4 Å². The van der Waals surface area contributed by atoms with Crippen LogP contribution in [-0.2, 0) is 0 Å². The van der Waals surface area contributed by atoms with Gasteiger partial charge in [0.25, 0.3) is 0 Å². The van der Waals surface area contributed by atoms with Crippen molar-refractivity contribution >= 4 is 0 Å². The predicted molar refractivity (Wildman–Crippen MR) is 68.2 cm³/mol. The lowest BCUT2D eigenvalue weighted by Crippen LogP contribution is -2.15. The van der Waals surface area contributed by atoms with Gasteiger partial charge < -0.3 is 10.5 Å². The number of hydrogen-bond donors (Lipinski definition) is 1. The molecule has 3 rings (SSSR count). The molecule has 4 heteroatoms. The molecular formula is C14H15N3O. The fourth-order valence-corrected chi connectivity index (χ4v) is 1.78. The summed E-state index contributed by atoms with van der Waals surface area (Å²) in [5.41, 5.74) is 7.12. The maximum absolute atomic E-state index is 6.15. The quantitative estimate of drug-likeness (QED) is 0.890. The number of nitrogens with two attached hydrogens (primary N) is 1. The van der Waals surface area contributed by atoms with Crippen LogP contribution in [0.3, 0.4) is 0 Å². The van der Waals surface area contributed by atoms with Crippen molar-refractivity contribution in [2.45, 2.75) is 25.0 Å². The topological polar surface area (TPSA) is 61.0 Å². The number of nitrogens with zero attached hydrogens (tertiary/aromatic N) is 2. The summed E-state index contributed by atoms with van der Waals surface area (Å²) in [6, 6.07) is 9.33. The summed E-state index contributed by atoms with van der Waals surface area (Å²) < 4.78 is 5.76. The maximum atomic E-state index is 6.15. The molecule has 0 saturated heterocycles. The zero-order valence-corrected chi connectivity index (χ0v) is 9.99. The second-order valence-corrected chi connectivity index (χ2v) is 4.47. The number of rotatable bonds is 4. The van der Waals surface area contributed by atoms with Crippen molar-refractivity contribution in [1.29, 1.82) is 0 Å². The Kier molecular flexibility index (Phi) is 2.94. The first-order valence-corrected chi connectivity index (χ1v) is 6.12. The van der Waals surface area contributed by atoms with Gasteiger partial charge in [-0.2, -0.15) is 0 Å². The Bertz CT molecular complexity index is 526. The van der Waals surface area contributed by atoms with Crippen LogP contribution >= 0.6 is 0 Å². The van der Waals surface area contributed by atoms with Crippen LogP contribution in [0.15, 0.2) is 42.7 Å². The molecule has 1 aliphatic carbocycles. The molecule has 1 unspecified atom stereocenters. The Morgan fingerprint density at radius 3 is 2.67 bits per heavy atom. The molecular weight excluding hydrogens is 226 g/mol. The molecule has 1 aromatic carbocycles. The highest BCUT2D eigenvalue weighted by Gasteiger charge is 2.23. The first kappa shape index (κ1) is 11.2. The standard InChI is InChI=1S/C14H15N3O/c15-13(14-16-7-2-8-17-14)10-3-1-4-12(9-10)18-11-5-6-11/h1-4,7-9,11,13H,5-6,15H2. The Balaban J connectivity index is 1.82. The zero-order valence-electron chi connectivity index (χ0n) is 9.99.